The highest BCUT2D eigenvalue weighted by molar-refractivity contribution is 5.91. The summed E-state index contributed by atoms with van der Waals surface area (Å²) in [7, 11) is 0. The minimum absolute atomic E-state index is 0.169. The SMILES string of the molecule is CCOc1ccc(/C=C/C(=O)NCc2ccc(-n3cncn3)cc2)cc1OCC. The van der Waals surface area contributed by atoms with Crippen molar-refractivity contribution in [1.29, 1.82) is 0 Å². The molecule has 0 spiro atoms. The molecule has 0 saturated heterocycles. The van der Waals surface area contributed by atoms with Gasteiger partial charge < -0.3 is 14.8 Å². The van der Waals surface area contributed by atoms with Gasteiger partial charge in [-0.05, 0) is 55.3 Å². The molecule has 0 aliphatic heterocycles. The molecule has 0 unspecified atom stereocenters. The Labute approximate surface area is 170 Å². The fourth-order valence-corrected chi connectivity index (χ4v) is 2.70. The first-order chi connectivity index (χ1) is 14.2. The summed E-state index contributed by atoms with van der Waals surface area (Å²) in [5.41, 5.74) is 2.78. The highest BCUT2D eigenvalue weighted by atomic mass is 16.5. The molecule has 1 aromatic heterocycles. The molecule has 7 heteroatoms. The van der Waals surface area contributed by atoms with Gasteiger partial charge in [0.05, 0.1) is 18.9 Å². The van der Waals surface area contributed by atoms with Gasteiger partial charge in [0.1, 0.15) is 12.7 Å². The van der Waals surface area contributed by atoms with Crippen LogP contribution >= 0.6 is 0 Å². The highest BCUT2D eigenvalue weighted by Gasteiger charge is 2.05. The molecular weight excluding hydrogens is 368 g/mol. The van der Waals surface area contributed by atoms with Crippen LogP contribution < -0.4 is 14.8 Å². The lowest BCUT2D eigenvalue weighted by molar-refractivity contribution is -0.116. The van der Waals surface area contributed by atoms with E-state index >= 15 is 0 Å². The van der Waals surface area contributed by atoms with E-state index in [9.17, 15) is 4.79 Å². The predicted octanol–water partition coefficient (Wildman–Crippen LogP) is 3.39. The lowest BCUT2D eigenvalue weighted by Gasteiger charge is -2.11. The fourth-order valence-electron chi connectivity index (χ4n) is 2.70. The van der Waals surface area contributed by atoms with Gasteiger partial charge in [-0.15, -0.1) is 0 Å². The lowest BCUT2D eigenvalue weighted by Crippen LogP contribution is -2.20. The predicted molar refractivity (Wildman–Crippen MR) is 111 cm³/mol. The largest absolute Gasteiger partial charge is 0.490 e. The zero-order valence-corrected chi connectivity index (χ0v) is 16.5. The monoisotopic (exact) mass is 392 g/mol. The number of carbonyl (C=O) groups excluding carboxylic acids is 1. The number of benzene rings is 2. The Morgan fingerprint density at radius 3 is 2.52 bits per heavy atom. The number of amides is 1. The van der Waals surface area contributed by atoms with Gasteiger partial charge in [0.15, 0.2) is 11.5 Å². The van der Waals surface area contributed by atoms with Gasteiger partial charge in [-0.1, -0.05) is 18.2 Å². The Kier molecular flexibility index (Phi) is 7.00. The Hall–Kier alpha value is -3.61. The first-order valence-electron chi connectivity index (χ1n) is 9.49. The van der Waals surface area contributed by atoms with Gasteiger partial charge >= 0.3 is 0 Å². The van der Waals surface area contributed by atoms with E-state index in [0.29, 0.717) is 31.3 Å². The first-order valence-corrected chi connectivity index (χ1v) is 9.49. The minimum atomic E-state index is -0.169. The number of ether oxygens (including phenoxy) is 2. The van der Waals surface area contributed by atoms with E-state index in [1.807, 2.05) is 56.3 Å². The van der Waals surface area contributed by atoms with Crippen LogP contribution in [0.5, 0.6) is 11.5 Å². The summed E-state index contributed by atoms with van der Waals surface area (Å²) in [5.74, 6) is 1.20. The molecular formula is C22H24N4O3. The minimum Gasteiger partial charge on any atom is -0.490 e. The molecule has 1 heterocycles. The van der Waals surface area contributed by atoms with Gasteiger partial charge in [0, 0.05) is 12.6 Å². The molecule has 29 heavy (non-hydrogen) atoms. The summed E-state index contributed by atoms with van der Waals surface area (Å²) in [4.78, 5) is 16.1. The lowest BCUT2D eigenvalue weighted by atomic mass is 10.2. The molecule has 0 atom stereocenters. The number of nitrogens with one attached hydrogen (secondary N) is 1. The van der Waals surface area contributed by atoms with Crippen LogP contribution in [-0.4, -0.2) is 33.9 Å². The molecule has 2 aromatic carbocycles. The van der Waals surface area contributed by atoms with Crippen LogP contribution in [0.2, 0.25) is 0 Å². The molecule has 0 fully saturated rings. The van der Waals surface area contributed by atoms with E-state index in [1.165, 1.54) is 12.4 Å². The first kappa shape index (κ1) is 20.1. The van der Waals surface area contributed by atoms with Crippen LogP contribution in [0, 0.1) is 0 Å². The number of hydrogen-bond donors (Lipinski definition) is 1. The third-order valence-corrected chi connectivity index (χ3v) is 4.08. The Morgan fingerprint density at radius 2 is 1.83 bits per heavy atom. The molecule has 0 bridgehead atoms. The molecule has 3 aromatic rings. The Morgan fingerprint density at radius 1 is 1.07 bits per heavy atom. The van der Waals surface area contributed by atoms with Crippen molar-refractivity contribution in [3.63, 3.8) is 0 Å². The van der Waals surface area contributed by atoms with Crippen molar-refractivity contribution < 1.29 is 14.3 Å². The van der Waals surface area contributed by atoms with E-state index in [2.05, 4.69) is 15.4 Å². The third-order valence-electron chi connectivity index (χ3n) is 4.08. The average molecular weight is 392 g/mol. The summed E-state index contributed by atoms with van der Waals surface area (Å²) in [6.45, 7) is 5.40. The maximum absolute atomic E-state index is 12.1. The van der Waals surface area contributed by atoms with Crippen LogP contribution in [0.15, 0.2) is 61.2 Å². The van der Waals surface area contributed by atoms with Gasteiger partial charge in [0.2, 0.25) is 5.91 Å². The van der Waals surface area contributed by atoms with Crippen LogP contribution in [0.25, 0.3) is 11.8 Å². The quantitative estimate of drug-likeness (QED) is 0.565. The molecule has 0 aliphatic rings. The molecule has 0 aliphatic carbocycles. The number of nitrogens with zero attached hydrogens (tertiary/aromatic N) is 3. The fraction of sp³-hybridized carbons (Fsp3) is 0.227. The molecule has 7 nitrogen and oxygen atoms in total. The van der Waals surface area contributed by atoms with Gasteiger partial charge in [0.25, 0.3) is 0 Å². The van der Waals surface area contributed by atoms with E-state index in [-0.39, 0.29) is 5.91 Å². The van der Waals surface area contributed by atoms with Crippen LogP contribution in [0.1, 0.15) is 25.0 Å². The number of rotatable bonds is 9. The van der Waals surface area contributed by atoms with Crippen molar-refractivity contribution >= 4 is 12.0 Å². The summed E-state index contributed by atoms with van der Waals surface area (Å²) < 4.78 is 12.8. The molecule has 0 radical (unpaired) electrons. The molecule has 150 valence electrons. The van der Waals surface area contributed by atoms with E-state index in [4.69, 9.17) is 9.47 Å². The van der Waals surface area contributed by atoms with Crippen molar-refractivity contribution in [2.24, 2.45) is 0 Å². The maximum atomic E-state index is 12.1. The smallest absolute Gasteiger partial charge is 0.244 e. The van der Waals surface area contributed by atoms with Crippen molar-refractivity contribution in [2.75, 3.05) is 13.2 Å². The van der Waals surface area contributed by atoms with E-state index in [0.717, 1.165) is 16.8 Å². The van der Waals surface area contributed by atoms with Crippen LogP contribution in [0.4, 0.5) is 0 Å². The second kappa shape index (κ2) is 10.1. The molecule has 3 rings (SSSR count). The van der Waals surface area contributed by atoms with Crippen molar-refractivity contribution in [3.8, 4) is 17.2 Å². The Balaban J connectivity index is 1.56. The summed E-state index contributed by atoms with van der Waals surface area (Å²) in [6, 6.07) is 13.4. The van der Waals surface area contributed by atoms with E-state index in [1.54, 1.807) is 17.1 Å². The maximum Gasteiger partial charge on any atom is 0.244 e. The van der Waals surface area contributed by atoms with Gasteiger partial charge in [-0.2, -0.15) is 5.10 Å². The highest BCUT2D eigenvalue weighted by Crippen LogP contribution is 2.29. The standard InChI is InChI=1S/C22H24N4O3/c1-3-28-20-11-7-17(13-21(20)29-4-2)8-12-22(27)24-14-18-5-9-19(10-6-18)26-16-23-15-25-26/h5-13,15-16H,3-4,14H2,1-2H3,(H,24,27)/b12-8+. The summed E-state index contributed by atoms with van der Waals surface area (Å²) in [6.07, 6.45) is 6.39. The van der Waals surface area contributed by atoms with Gasteiger partial charge in [-0.3, -0.25) is 4.79 Å². The molecule has 0 saturated carbocycles. The zero-order valence-electron chi connectivity index (χ0n) is 16.5. The van der Waals surface area contributed by atoms with Crippen LogP contribution in [-0.2, 0) is 11.3 Å². The average Bonchev–Trinajstić information content (AvgIpc) is 3.28. The van der Waals surface area contributed by atoms with Crippen LogP contribution in [0.3, 0.4) is 0 Å². The summed E-state index contributed by atoms with van der Waals surface area (Å²) in [5, 5.41) is 6.97. The second-order valence-corrected chi connectivity index (χ2v) is 6.13. The van der Waals surface area contributed by atoms with E-state index < -0.39 is 0 Å². The number of aromatic nitrogens is 3. The van der Waals surface area contributed by atoms with Crippen molar-refractivity contribution in [3.05, 3.63) is 72.3 Å². The summed E-state index contributed by atoms with van der Waals surface area (Å²) >= 11 is 0. The normalized spacial score (nSPS) is 10.8. The molecule has 1 amide bonds. The van der Waals surface area contributed by atoms with Gasteiger partial charge in [-0.25, -0.2) is 9.67 Å². The zero-order chi connectivity index (χ0) is 20.5. The Bertz CT molecular complexity index is 951. The van der Waals surface area contributed by atoms with Crippen molar-refractivity contribution in [1.82, 2.24) is 20.1 Å². The third kappa shape index (κ3) is 5.68. The number of hydrogen-bond acceptors (Lipinski definition) is 5. The molecule has 1 N–H and O–H groups in total. The van der Waals surface area contributed by atoms with Crippen molar-refractivity contribution in [2.45, 2.75) is 20.4 Å². The topological polar surface area (TPSA) is 78.3 Å². The second-order valence-electron chi connectivity index (χ2n) is 6.13. The number of carbonyl (C=O) groups is 1.